The Balaban J connectivity index is 2.31. The second-order valence-corrected chi connectivity index (χ2v) is 13.7. The molecule has 2 atom stereocenters. The Bertz CT molecular complexity index is 1180. The summed E-state index contributed by atoms with van der Waals surface area (Å²) in [6.07, 6.45) is -0.316. The van der Waals surface area contributed by atoms with Crippen LogP contribution in [0.15, 0.2) is 57.9 Å². The van der Waals surface area contributed by atoms with Gasteiger partial charge in [-0.1, -0.05) is 45.8 Å². The summed E-state index contributed by atoms with van der Waals surface area (Å²) in [5.74, 6) is -1.12. The van der Waals surface area contributed by atoms with Gasteiger partial charge in [-0.25, -0.2) is 9.59 Å². The maximum absolute atomic E-state index is 13.1. The number of rotatable bonds is 10. The zero-order valence-corrected chi connectivity index (χ0v) is 25.4. The van der Waals surface area contributed by atoms with Crippen molar-refractivity contribution in [3.63, 3.8) is 0 Å². The standard InChI is InChI=1S/C28H38BrNO7S/c1-19-8-14-23(15-9-19)38(33,34)35-18-21(16-20-10-12-22(29)13-11-20)17-24(25(31)36-27(2,3)4)30-26(32)37-28(5,6)7/h8-15,21,24H,16-18H2,1-7H3,(H,30,32)/t21-,24-/m0/s1. The van der Waals surface area contributed by atoms with Crippen LogP contribution in [0.4, 0.5) is 4.79 Å². The summed E-state index contributed by atoms with van der Waals surface area (Å²) in [5.41, 5.74) is 0.266. The topological polar surface area (TPSA) is 108 Å². The largest absolute Gasteiger partial charge is 0.458 e. The predicted molar refractivity (Wildman–Crippen MR) is 149 cm³/mol. The number of halogens is 1. The van der Waals surface area contributed by atoms with Crippen molar-refractivity contribution < 1.29 is 31.7 Å². The number of esters is 1. The van der Waals surface area contributed by atoms with Crippen LogP contribution in [-0.4, -0.2) is 44.3 Å². The van der Waals surface area contributed by atoms with Crippen molar-refractivity contribution in [3.8, 4) is 0 Å². The van der Waals surface area contributed by atoms with E-state index < -0.39 is 45.3 Å². The van der Waals surface area contributed by atoms with Gasteiger partial charge in [-0.2, -0.15) is 8.42 Å². The van der Waals surface area contributed by atoms with E-state index in [1.807, 2.05) is 31.2 Å². The Kier molecular flexibility index (Phi) is 10.9. The minimum Gasteiger partial charge on any atom is -0.458 e. The molecule has 0 aliphatic carbocycles. The minimum absolute atomic E-state index is 0.0427. The monoisotopic (exact) mass is 611 g/mol. The van der Waals surface area contributed by atoms with E-state index in [-0.39, 0.29) is 17.9 Å². The summed E-state index contributed by atoms with van der Waals surface area (Å²) < 4.78 is 43.0. The Morgan fingerprint density at radius 1 is 0.895 bits per heavy atom. The lowest BCUT2D eigenvalue weighted by Gasteiger charge is -2.28. The number of carbonyl (C=O) groups is 2. The molecule has 1 amide bonds. The predicted octanol–water partition coefficient (Wildman–Crippen LogP) is 5.95. The van der Waals surface area contributed by atoms with Gasteiger partial charge in [0.05, 0.1) is 11.5 Å². The summed E-state index contributed by atoms with van der Waals surface area (Å²) in [5, 5.41) is 2.61. The second kappa shape index (κ2) is 13.1. The van der Waals surface area contributed by atoms with Gasteiger partial charge in [0.25, 0.3) is 10.1 Å². The normalized spacial score (nSPS) is 13.9. The van der Waals surface area contributed by atoms with Crippen molar-refractivity contribution in [3.05, 3.63) is 64.1 Å². The molecule has 0 saturated carbocycles. The highest BCUT2D eigenvalue weighted by Crippen LogP contribution is 2.22. The zero-order valence-electron chi connectivity index (χ0n) is 23.0. The molecule has 38 heavy (non-hydrogen) atoms. The highest BCUT2D eigenvalue weighted by atomic mass is 79.9. The summed E-state index contributed by atoms with van der Waals surface area (Å²) in [7, 11) is -4.04. The number of amides is 1. The van der Waals surface area contributed by atoms with Crippen LogP contribution in [0.2, 0.25) is 0 Å². The van der Waals surface area contributed by atoms with E-state index in [9.17, 15) is 18.0 Å². The molecule has 1 N–H and O–H groups in total. The first-order chi connectivity index (χ1) is 17.4. The molecular formula is C28H38BrNO7S. The van der Waals surface area contributed by atoms with Gasteiger partial charge in [0.1, 0.15) is 17.2 Å². The smallest absolute Gasteiger partial charge is 0.408 e. The third kappa shape index (κ3) is 11.5. The maximum atomic E-state index is 13.1. The molecular weight excluding hydrogens is 574 g/mol. The third-order valence-corrected chi connectivity index (χ3v) is 6.98. The van der Waals surface area contributed by atoms with Crippen LogP contribution in [0, 0.1) is 12.8 Å². The SMILES string of the molecule is Cc1ccc(S(=O)(=O)OC[C@@H](Cc2ccc(Br)cc2)C[C@H](NC(=O)OC(C)(C)C)C(=O)OC(C)(C)C)cc1. The molecule has 0 fully saturated rings. The fourth-order valence-electron chi connectivity index (χ4n) is 3.49. The maximum Gasteiger partial charge on any atom is 0.408 e. The van der Waals surface area contributed by atoms with E-state index >= 15 is 0 Å². The molecule has 10 heteroatoms. The van der Waals surface area contributed by atoms with Crippen molar-refractivity contribution in [2.24, 2.45) is 5.92 Å². The number of alkyl carbamates (subject to hydrolysis) is 1. The number of carbonyl (C=O) groups excluding carboxylic acids is 2. The number of nitrogens with one attached hydrogen (secondary N) is 1. The van der Waals surface area contributed by atoms with E-state index in [4.69, 9.17) is 13.7 Å². The van der Waals surface area contributed by atoms with E-state index in [0.717, 1.165) is 15.6 Å². The lowest BCUT2D eigenvalue weighted by Crippen LogP contribution is -2.47. The minimum atomic E-state index is -4.04. The first kappa shape index (κ1) is 31.8. The van der Waals surface area contributed by atoms with Crippen LogP contribution in [0.5, 0.6) is 0 Å². The van der Waals surface area contributed by atoms with Crippen LogP contribution in [0.1, 0.15) is 59.1 Å². The average molecular weight is 613 g/mol. The molecule has 0 aliphatic heterocycles. The van der Waals surface area contributed by atoms with Gasteiger partial charge in [0.15, 0.2) is 0 Å². The molecule has 0 spiro atoms. The first-order valence-electron chi connectivity index (χ1n) is 12.4. The summed E-state index contributed by atoms with van der Waals surface area (Å²) in [4.78, 5) is 25.7. The molecule has 2 aromatic carbocycles. The van der Waals surface area contributed by atoms with Crippen LogP contribution in [0.25, 0.3) is 0 Å². The molecule has 0 bridgehead atoms. The van der Waals surface area contributed by atoms with Crippen LogP contribution in [-0.2, 0) is 35.0 Å². The van der Waals surface area contributed by atoms with Crippen molar-refractivity contribution in [2.75, 3.05) is 6.61 Å². The Labute approximate surface area is 234 Å². The zero-order chi connectivity index (χ0) is 28.7. The fraction of sp³-hybridized carbons (Fsp3) is 0.500. The Morgan fingerprint density at radius 2 is 1.45 bits per heavy atom. The molecule has 2 rings (SSSR count). The quantitative estimate of drug-likeness (QED) is 0.261. The Morgan fingerprint density at radius 3 is 1.97 bits per heavy atom. The van der Waals surface area contributed by atoms with Gasteiger partial charge < -0.3 is 14.8 Å². The van der Waals surface area contributed by atoms with Crippen LogP contribution in [0.3, 0.4) is 0 Å². The Hall–Kier alpha value is -2.43. The van der Waals surface area contributed by atoms with Crippen LogP contribution >= 0.6 is 15.9 Å². The van der Waals surface area contributed by atoms with Gasteiger partial charge in [0, 0.05) is 4.47 Å². The summed E-state index contributed by atoms with van der Waals surface area (Å²) >= 11 is 3.41. The van der Waals surface area contributed by atoms with Crippen molar-refractivity contribution in [1.82, 2.24) is 5.32 Å². The number of ether oxygens (including phenoxy) is 2. The molecule has 0 saturated heterocycles. The first-order valence-corrected chi connectivity index (χ1v) is 14.6. The number of hydrogen-bond donors (Lipinski definition) is 1. The van der Waals surface area contributed by atoms with E-state index in [0.29, 0.717) is 6.42 Å². The van der Waals surface area contributed by atoms with E-state index in [1.54, 1.807) is 53.7 Å². The van der Waals surface area contributed by atoms with Gasteiger partial charge >= 0.3 is 12.1 Å². The van der Waals surface area contributed by atoms with Crippen molar-refractivity contribution in [1.29, 1.82) is 0 Å². The van der Waals surface area contributed by atoms with E-state index in [1.165, 1.54) is 12.1 Å². The molecule has 0 aromatic heterocycles. The molecule has 8 nitrogen and oxygen atoms in total. The average Bonchev–Trinajstić information content (AvgIpc) is 2.76. The van der Waals surface area contributed by atoms with E-state index in [2.05, 4.69) is 21.2 Å². The molecule has 2 aromatic rings. The molecule has 0 unspecified atom stereocenters. The molecule has 0 radical (unpaired) electrons. The highest BCUT2D eigenvalue weighted by molar-refractivity contribution is 9.10. The number of hydrogen-bond acceptors (Lipinski definition) is 7. The second-order valence-electron chi connectivity index (χ2n) is 11.2. The lowest BCUT2D eigenvalue weighted by atomic mass is 9.93. The fourth-order valence-corrected chi connectivity index (χ4v) is 4.73. The molecule has 0 heterocycles. The van der Waals surface area contributed by atoms with Crippen LogP contribution < -0.4 is 5.32 Å². The third-order valence-electron chi connectivity index (χ3n) is 5.16. The van der Waals surface area contributed by atoms with Crippen molar-refractivity contribution >= 4 is 38.1 Å². The van der Waals surface area contributed by atoms with Crippen molar-refractivity contribution in [2.45, 2.75) is 83.4 Å². The van der Waals surface area contributed by atoms with Gasteiger partial charge in [-0.3, -0.25) is 4.18 Å². The lowest BCUT2D eigenvalue weighted by molar-refractivity contribution is -0.158. The van der Waals surface area contributed by atoms with Gasteiger partial charge in [-0.15, -0.1) is 0 Å². The van der Waals surface area contributed by atoms with Gasteiger partial charge in [0.2, 0.25) is 0 Å². The number of benzene rings is 2. The molecule has 0 aliphatic rings. The molecule has 210 valence electrons. The van der Waals surface area contributed by atoms with Gasteiger partial charge in [-0.05, 0) is 97.1 Å². The summed E-state index contributed by atoms with van der Waals surface area (Å²) in [6.45, 7) is 12.0. The summed E-state index contributed by atoms with van der Waals surface area (Å²) in [6, 6.07) is 12.8. The number of aryl methyl sites for hydroxylation is 1. The highest BCUT2D eigenvalue weighted by Gasteiger charge is 2.32.